The standard InChI is InChI=1S/C14H21N3O2.C4H4O4/c1-4-17-9-10-19-13-12(14(17)18)6-5-11(15-13)7-8-16(2)3;5-3(6)1-2-4(7)8/h5-6H,4,7-10H2,1-3H3;1-2H,(H,5,6)(H,7,8). The normalized spacial score (nSPS) is 13.5. The van der Waals surface area contributed by atoms with Gasteiger partial charge in [-0.1, -0.05) is 0 Å². The number of likely N-dealkylation sites (N-methyl/N-ethyl adjacent to an activating group) is 2. The Kier molecular flexibility index (Phi) is 8.94. The lowest BCUT2D eigenvalue weighted by Crippen LogP contribution is -2.31. The number of carbonyl (C=O) groups excluding carboxylic acids is 1. The number of fused-ring (bicyclic) bond motifs is 1. The summed E-state index contributed by atoms with van der Waals surface area (Å²) in [6.45, 7) is 4.74. The quantitative estimate of drug-likeness (QED) is 0.695. The van der Waals surface area contributed by atoms with Gasteiger partial charge < -0.3 is 24.7 Å². The Labute approximate surface area is 157 Å². The molecule has 0 aromatic carbocycles. The van der Waals surface area contributed by atoms with Crippen molar-refractivity contribution in [1.82, 2.24) is 14.8 Å². The van der Waals surface area contributed by atoms with Gasteiger partial charge in [-0.2, -0.15) is 0 Å². The van der Waals surface area contributed by atoms with Crippen LogP contribution in [0.1, 0.15) is 23.0 Å². The number of amides is 1. The minimum absolute atomic E-state index is 0.0154. The van der Waals surface area contributed by atoms with Crippen molar-refractivity contribution in [3.05, 3.63) is 35.5 Å². The minimum Gasteiger partial charge on any atom is -0.478 e. The number of rotatable bonds is 6. The fourth-order valence-corrected chi connectivity index (χ4v) is 2.20. The molecule has 148 valence electrons. The molecule has 0 spiro atoms. The predicted octanol–water partition coefficient (Wildman–Crippen LogP) is 0.752. The third kappa shape index (κ3) is 7.87. The van der Waals surface area contributed by atoms with Crippen molar-refractivity contribution in [3.63, 3.8) is 0 Å². The molecule has 0 radical (unpaired) electrons. The topological polar surface area (TPSA) is 120 Å². The van der Waals surface area contributed by atoms with Gasteiger partial charge in [0.1, 0.15) is 12.2 Å². The molecule has 0 saturated heterocycles. The maximum atomic E-state index is 12.2. The molecule has 1 aliphatic rings. The van der Waals surface area contributed by atoms with Gasteiger partial charge in [0.15, 0.2) is 0 Å². The fourth-order valence-electron chi connectivity index (χ4n) is 2.20. The molecule has 1 aromatic rings. The second-order valence-electron chi connectivity index (χ2n) is 5.95. The molecule has 1 amide bonds. The first-order valence-electron chi connectivity index (χ1n) is 8.45. The molecule has 0 fully saturated rings. The lowest BCUT2D eigenvalue weighted by Gasteiger charge is -2.16. The summed E-state index contributed by atoms with van der Waals surface area (Å²) in [5, 5.41) is 15.6. The molecule has 9 nitrogen and oxygen atoms in total. The summed E-state index contributed by atoms with van der Waals surface area (Å²) in [6.07, 6.45) is 1.97. The molecule has 0 unspecified atom stereocenters. The smallest absolute Gasteiger partial charge is 0.328 e. The lowest BCUT2D eigenvalue weighted by atomic mass is 10.2. The van der Waals surface area contributed by atoms with Crippen LogP contribution in [0.5, 0.6) is 5.88 Å². The van der Waals surface area contributed by atoms with E-state index < -0.39 is 11.9 Å². The van der Waals surface area contributed by atoms with Crippen LogP contribution in [-0.4, -0.2) is 83.2 Å². The van der Waals surface area contributed by atoms with E-state index in [0.717, 1.165) is 18.7 Å². The number of nitrogens with zero attached hydrogens (tertiary/aromatic N) is 3. The van der Waals surface area contributed by atoms with Crippen molar-refractivity contribution in [3.8, 4) is 5.88 Å². The van der Waals surface area contributed by atoms with Gasteiger partial charge >= 0.3 is 11.9 Å². The Morgan fingerprint density at radius 1 is 1.26 bits per heavy atom. The summed E-state index contributed by atoms with van der Waals surface area (Å²) in [7, 11) is 4.06. The van der Waals surface area contributed by atoms with Crippen molar-refractivity contribution in [2.24, 2.45) is 0 Å². The highest BCUT2D eigenvalue weighted by atomic mass is 16.5. The molecule has 9 heteroatoms. The monoisotopic (exact) mass is 379 g/mol. The van der Waals surface area contributed by atoms with Gasteiger partial charge in [0.05, 0.1) is 6.54 Å². The lowest BCUT2D eigenvalue weighted by molar-refractivity contribution is -0.134. The molecule has 1 aromatic heterocycles. The van der Waals surface area contributed by atoms with E-state index in [-0.39, 0.29) is 5.91 Å². The highest BCUT2D eigenvalue weighted by Gasteiger charge is 2.23. The molecular formula is C18H25N3O6. The zero-order valence-electron chi connectivity index (χ0n) is 15.7. The maximum absolute atomic E-state index is 12.2. The molecular weight excluding hydrogens is 354 g/mol. The average Bonchev–Trinajstić information content (AvgIpc) is 2.77. The Morgan fingerprint density at radius 3 is 2.41 bits per heavy atom. The van der Waals surface area contributed by atoms with Crippen LogP contribution in [0.4, 0.5) is 0 Å². The number of aromatic nitrogens is 1. The van der Waals surface area contributed by atoms with Crippen LogP contribution in [0.3, 0.4) is 0 Å². The average molecular weight is 379 g/mol. The molecule has 2 rings (SSSR count). The fraction of sp³-hybridized carbons (Fsp3) is 0.444. The van der Waals surface area contributed by atoms with E-state index in [1.807, 2.05) is 33.2 Å². The van der Waals surface area contributed by atoms with Gasteiger partial charge in [0.2, 0.25) is 5.88 Å². The summed E-state index contributed by atoms with van der Waals surface area (Å²) < 4.78 is 5.61. The van der Waals surface area contributed by atoms with Crippen LogP contribution in [0.2, 0.25) is 0 Å². The number of hydrogen-bond acceptors (Lipinski definition) is 6. The van der Waals surface area contributed by atoms with Crippen LogP contribution in [0.15, 0.2) is 24.3 Å². The summed E-state index contributed by atoms with van der Waals surface area (Å²) in [4.78, 5) is 39.7. The third-order valence-electron chi connectivity index (χ3n) is 3.60. The first-order valence-corrected chi connectivity index (χ1v) is 8.45. The number of ether oxygens (including phenoxy) is 1. The number of carboxylic acid groups (broad SMARTS) is 2. The van der Waals surface area contributed by atoms with E-state index in [0.29, 0.717) is 43.3 Å². The van der Waals surface area contributed by atoms with E-state index in [1.54, 1.807) is 4.90 Å². The van der Waals surface area contributed by atoms with Gasteiger partial charge in [-0.25, -0.2) is 14.6 Å². The number of aliphatic carboxylic acids is 2. The van der Waals surface area contributed by atoms with Crippen LogP contribution >= 0.6 is 0 Å². The molecule has 0 atom stereocenters. The second kappa shape index (κ2) is 10.9. The van der Waals surface area contributed by atoms with Crippen LogP contribution in [-0.2, 0) is 16.0 Å². The number of carbonyl (C=O) groups is 3. The highest BCUT2D eigenvalue weighted by Crippen LogP contribution is 2.21. The van der Waals surface area contributed by atoms with Gasteiger partial charge in [-0.05, 0) is 33.2 Å². The van der Waals surface area contributed by atoms with Gasteiger partial charge in [-0.15, -0.1) is 0 Å². The van der Waals surface area contributed by atoms with Crippen LogP contribution < -0.4 is 4.74 Å². The van der Waals surface area contributed by atoms with Crippen molar-refractivity contribution in [1.29, 1.82) is 0 Å². The molecule has 0 saturated carbocycles. The summed E-state index contributed by atoms with van der Waals surface area (Å²) >= 11 is 0. The molecule has 2 N–H and O–H groups in total. The molecule has 27 heavy (non-hydrogen) atoms. The first-order chi connectivity index (χ1) is 12.7. The summed E-state index contributed by atoms with van der Waals surface area (Å²) in [5.74, 6) is -2.02. The maximum Gasteiger partial charge on any atom is 0.328 e. The number of hydrogen-bond donors (Lipinski definition) is 2. The molecule has 2 heterocycles. The van der Waals surface area contributed by atoms with E-state index in [4.69, 9.17) is 14.9 Å². The van der Waals surface area contributed by atoms with E-state index in [1.165, 1.54) is 0 Å². The SMILES string of the molecule is CCN1CCOc2nc(CCN(C)C)ccc2C1=O.O=C(O)C=CC(=O)O. The van der Waals surface area contributed by atoms with Crippen molar-refractivity contribution < 1.29 is 29.3 Å². The Morgan fingerprint density at radius 2 is 1.89 bits per heavy atom. The van der Waals surface area contributed by atoms with E-state index in [2.05, 4.69) is 9.88 Å². The molecule has 1 aliphatic heterocycles. The third-order valence-corrected chi connectivity index (χ3v) is 3.60. The van der Waals surface area contributed by atoms with Crippen molar-refractivity contribution in [2.75, 3.05) is 40.3 Å². The van der Waals surface area contributed by atoms with Gasteiger partial charge in [-0.3, -0.25) is 4.79 Å². The Hall–Kier alpha value is -2.94. The molecule has 0 bridgehead atoms. The largest absolute Gasteiger partial charge is 0.478 e. The summed E-state index contributed by atoms with van der Waals surface area (Å²) in [5.41, 5.74) is 1.54. The van der Waals surface area contributed by atoms with Crippen molar-refractivity contribution in [2.45, 2.75) is 13.3 Å². The predicted molar refractivity (Wildman–Crippen MR) is 98.0 cm³/mol. The van der Waals surface area contributed by atoms with Crippen molar-refractivity contribution >= 4 is 17.8 Å². The van der Waals surface area contributed by atoms with Crippen LogP contribution in [0, 0.1) is 0 Å². The van der Waals surface area contributed by atoms with Gasteiger partial charge in [0, 0.05) is 37.4 Å². The summed E-state index contributed by atoms with van der Waals surface area (Å²) in [6, 6.07) is 3.76. The zero-order chi connectivity index (χ0) is 20.4. The van der Waals surface area contributed by atoms with Crippen LogP contribution in [0.25, 0.3) is 0 Å². The van der Waals surface area contributed by atoms with E-state index in [9.17, 15) is 14.4 Å². The van der Waals surface area contributed by atoms with E-state index >= 15 is 0 Å². The zero-order valence-corrected chi connectivity index (χ0v) is 15.7. The second-order valence-corrected chi connectivity index (χ2v) is 5.95. The molecule has 0 aliphatic carbocycles. The Bertz CT molecular complexity index is 686. The number of pyridine rings is 1. The van der Waals surface area contributed by atoms with Gasteiger partial charge in [0.25, 0.3) is 5.91 Å². The minimum atomic E-state index is -1.26. The highest BCUT2D eigenvalue weighted by molar-refractivity contribution is 5.96. The number of carboxylic acids is 2. The first kappa shape index (κ1) is 22.1. The Balaban J connectivity index is 0.000000387.